The minimum Gasteiger partial charge on any atom is -0.456 e. The van der Waals surface area contributed by atoms with Gasteiger partial charge in [-0.3, -0.25) is 34.7 Å². The number of esters is 1. The number of ketones is 1. The van der Waals surface area contributed by atoms with E-state index in [4.69, 9.17) is 19.9 Å². The van der Waals surface area contributed by atoms with Crippen molar-refractivity contribution >= 4 is 80.4 Å². The lowest BCUT2D eigenvalue weighted by Gasteiger charge is -2.49. The maximum atomic E-state index is 15.1. The first kappa shape index (κ1) is 43.5. The van der Waals surface area contributed by atoms with Crippen molar-refractivity contribution in [1.29, 1.82) is 0 Å². The molecule has 18 heteroatoms. The maximum absolute atomic E-state index is 15.1. The third kappa shape index (κ3) is 9.86. The molecule has 1 aliphatic rings. The maximum Gasteiger partial charge on any atom is 0.404 e. The number of carbonyl (C=O) groups is 5. The first-order valence-electron chi connectivity index (χ1n) is 18.6. The van der Waals surface area contributed by atoms with Gasteiger partial charge in [-0.25, -0.2) is 14.4 Å². The van der Waals surface area contributed by atoms with Crippen molar-refractivity contribution in [2.24, 2.45) is 11.7 Å². The average molecular weight is 865 g/mol. The number of nitro benzene ring substituents is 2. The summed E-state index contributed by atoms with van der Waals surface area (Å²) >= 11 is 0.746. The van der Waals surface area contributed by atoms with Crippen LogP contribution in [0.3, 0.4) is 0 Å². The van der Waals surface area contributed by atoms with E-state index in [1.54, 1.807) is 54.6 Å². The van der Waals surface area contributed by atoms with Crippen LogP contribution in [0.4, 0.5) is 21.0 Å². The van der Waals surface area contributed by atoms with E-state index < -0.39 is 64.4 Å². The second-order valence-electron chi connectivity index (χ2n) is 13.4. The van der Waals surface area contributed by atoms with Gasteiger partial charge in [0.2, 0.25) is 5.91 Å². The van der Waals surface area contributed by atoms with Gasteiger partial charge in [-0.2, -0.15) is 0 Å². The molecule has 0 aliphatic carbocycles. The molecule has 0 radical (unpaired) electrons. The molecule has 0 aromatic heterocycles. The van der Waals surface area contributed by atoms with E-state index in [1.165, 1.54) is 48.5 Å². The lowest BCUT2D eigenvalue weighted by Crippen LogP contribution is -2.69. The summed E-state index contributed by atoms with van der Waals surface area (Å²) in [5, 5.41) is 23.5. The SMILES string of the molecule is NC(=O)OCC(=O)[C@H]1[C@H](CCSC(=O)OCc2ccc([N+](=O)[O-])cc2)C(=O)N1C(C(=O)OCc1ccc([N+](=O)[O-])cc1)=P(c1ccccc1)(c1ccccc1)c1ccccc1. The molecule has 1 saturated heterocycles. The molecule has 1 aliphatic heterocycles. The Bertz CT molecular complexity index is 2390. The lowest BCUT2D eigenvalue weighted by molar-refractivity contribution is -0.385. The fourth-order valence-electron chi connectivity index (χ4n) is 6.92. The number of rotatable bonds is 17. The van der Waals surface area contributed by atoms with Crippen LogP contribution in [0.1, 0.15) is 17.5 Å². The van der Waals surface area contributed by atoms with Crippen molar-refractivity contribution in [3.05, 3.63) is 171 Å². The Morgan fingerprint density at radius 2 is 1.10 bits per heavy atom. The Labute approximate surface area is 352 Å². The first-order chi connectivity index (χ1) is 29.4. The molecule has 2 N–H and O–H groups in total. The van der Waals surface area contributed by atoms with Gasteiger partial charge in [-0.05, 0) is 69.5 Å². The molecule has 0 spiro atoms. The van der Waals surface area contributed by atoms with E-state index in [-0.39, 0.29) is 42.2 Å². The number of hydrogen-bond donors (Lipinski definition) is 1. The van der Waals surface area contributed by atoms with Crippen molar-refractivity contribution in [1.82, 2.24) is 4.90 Å². The molecule has 312 valence electrons. The molecule has 16 nitrogen and oxygen atoms in total. The molecule has 5 aromatic rings. The van der Waals surface area contributed by atoms with E-state index in [2.05, 4.69) is 0 Å². The number of ether oxygens (including phenoxy) is 3. The Morgan fingerprint density at radius 3 is 1.52 bits per heavy atom. The van der Waals surface area contributed by atoms with Gasteiger partial charge in [0, 0.05) is 36.9 Å². The summed E-state index contributed by atoms with van der Waals surface area (Å²) in [6.45, 7) is -4.85. The minimum absolute atomic E-state index is 0.0000627. The highest BCUT2D eigenvalue weighted by Gasteiger charge is 2.56. The number of Topliss-reactive ketones (excluding diaryl/α,β-unsaturated/α-hetero) is 1. The molecule has 1 fully saturated rings. The average Bonchev–Trinajstić information content (AvgIpc) is 3.28. The molecule has 0 unspecified atom stereocenters. The van der Waals surface area contributed by atoms with Gasteiger partial charge < -0.3 is 19.9 Å². The number of nitrogens with zero attached hydrogens (tertiary/aromatic N) is 3. The fourth-order valence-corrected chi connectivity index (χ4v) is 12.0. The molecule has 2 atom stereocenters. The smallest absolute Gasteiger partial charge is 0.404 e. The van der Waals surface area contributed by atoms with Crippen LogP contribution in [-0.2, 0) is 41.8 Å². The molecule has 0 saturated carbocycles. The monoisotopic (exact) mass is 864 g/mol. The van der Waals surface area contributed by atoms with Crippen molar-refractivity contribution in [3.63, 3.8) is 0 Å². The van der Waals surface area contributed by atoms with Crippen LogP contribution in [0, 0.1) is 26.1 Å². The lowest BCUT2D eigenvalue weighted by atomic mass is 9.82. The standard InChI is InChI=1S/C43H37N4O12PS/c44-42(51)58-28-37(48)38-36(24-25-61-43(52)59-27-30-18-22-32(23-19-30)47(55)56)39(49)45(38)40(41(50)57-26-29-16-20-31(21-17-29)46(53)54)60(33-10-4-1-5-11-33,34-12-6-2-7-13-34)35-14-8-3-9-15-35/h1-23,36,38H,24-28H2,(H2,44,51)/t36-,38+/m0/s1. The summed E-state index contributed by atoms with van der Waals surface area (Å²) in [4.78, 5) is 90.8. The predicted molar refractivity (Wildman–Crippen MR) is 228 cm³/mol. The number of non-ortho nitro benzene ring substituents is 2. The highest BCUT2D eigenvalue weighted by molar-refractivity contribution is 8.13. The zero-order valence-corrected chi connectivity index (χ0v) is 33.9. The van der Waals surface area contributed by atoms with E-state index in [9.17, 15) is 39.4 Å². The highest BCUT2D eigenvalue weighted by atomic mass is 32.2. The van der Waals surface area contributed by atoms with Crippen LogP contribution < -0.4 is 21.6 Å². The number of β-lactam (4-membered cyclic amide) rings is 1. The number of thioether (sulfide) groups is 1. The number of hydrogen-bond acceptors (Lipinski definition) is 13. The van der Waals surface area contributed by atoms with Gasteiger partial charge in [0.25, 0.3) is 11.4 Å². The van der Waals surface area contributed by atoms with E-state index in [1.807, 2.05) is 36.4 Å². The van der Waals surface area contributed by atoms with Crippen LogP contribution in [0.5, 0.6) is 0 Å². The summed E-state index contributed by atoms with van der Waals surface area (Å²) < 4.78 is 16.2. The molecule has 1 heterocycles. The largest absolute Gasteiger partial charge is 0.456 e. The summed E-state index contributed by atoms with van der Waals surface area (Å²) in [7, 11) is 0. The van der Waals surface area contributed by atoms with E-state index in [0.717, 1.165) is 16.7 Å². The minimum atomic E-state index is -3.49. The molecule has 0 bridgehead atoms. The van der Waals surface area contributed by atoms with Crippen molar-refractivity contribution in [3.8, 4) is 0 Å². The van der Waals surface area contributed by atoms with Gasteiger partial charge in [-0.1, -0.05) is 91.0 Å². The normalized spacial score (nSPS) is 14.6. The van der Waals surface area contributed by atoms with Crippen LogP contribution in [0.15, 0.2) is 140 Å². The summed E-state index contributed by atoms with van der Waals surface area (Å²) in [6.07, 6.45) is -1.28. The molecular weight excluding hydrogens is 828 g/mol. The van der Waals surface area contributed by atoms with Gasteiger partial charge >= 0.3 is 17.4 Å². The molecule has 6 rings (SSSR count). The second kappa shape index (κ2) is 19.8. The number of likely N-dealkylation sites (tertiary alicyclic amines) is 1. The summed E-state index contributed by atoms with van der Waals surface area (Å²) in [6, 6.07) is 36.6. The van der Waals surface area contributed by atoms with E-state index in [0.29, 0.717) is 27.0 Å². The first-order valence-corrected chi connectivity index (χ1v) is 21.3. The number of primary amides is 1. The van der Waals surface area contributed by atoms with Crippen LogP contribution in [-0.4, -0.2) is 67.6 Å². The Morgan fingerprint density at radius 1 is 0.656 bits per heavy atom. The van der Waals surface area contributed by atoms with Gasteiger partial charge in [0.15, 0.2) is 12.4 Å². The van der Waals surface area contributed by atoms with Crippen molar-refractivity contribution < 1.29 is 48.0 Å². The van der Waals surface area contributed by atoms with Crippen molar-refractivity contribution in [2.75, 3.05) is 12.4 Å². The number of amides is 2. The quantitative estimate of drug-likeness (QED) is 0.0299. The number of nitrogens with two attached hydrogens (primary N) is 1. The second-order valence-corrected chi connectivity index (χ2v) is 17.8. The fraction of sp³-hybridized carbons (Fsp3) is 0.163. The van der Waals surface area contributed by atoms with Gasteiger partial charge in [-0.15, -0.1) is 0 Å². The van der Waals surface area contributed by atoms with Crippen LogP contribution >= 0.6 is 18.6 Å². The third-order valence-electron chi connectivity index (χ3n) is 9.73. The third-order valence-corrected chi connectivity index (χ3v) is 14.8. The van der Waals surface area contributed by atoms with Gasteiger partial charge in [0.05, 0.1) is 15.8 Å². The number of nitro groups is 2. The summed E-state index contributed by atoms with van der Waals surface area (Å²) in [5.41, 5.74) is 5.72. The van der Waals surface area contributed by atoms with Gasteiger partial charge in [0.1, 0.15) is 24.7 Å². The highest BCUT2D eigenvalue weighted by Crippen LogP contribution is 2.50. The Hall–Kier alpha value is -7.10. The number of carbonyl (C=O) groups excluding carboxylic acids is 5. The molecule has 5 aromatic carbocycles. The predicted octanol–water partition coefficient (Wildman–Crippen LogP) is 5.62. The Kier molecular flexibility index (Phi) is 14.1. The molecular formula is C43H37N4O12PS. The van der Waals surface area contributed by atoms with E-state index >= 15 is 4.79 Å². The molecule has 61 heavy (non-hydrogen) atoms. The zero-order valence-electron chi connectivity index (χ0n) is 32.1. The summed E-state index contributed by atoms with van der Waals surface area (Å²) in [5.74, 6) is -3.43. The zero-order chi connectivity index (χ0) is 43.5. The van der Waals surface area contributed by atoms with Crippen LogP contribution in [0.2, 0.25) is 0 Å². The van der Waals surface area contributed by atoms with Crippen LogP contribution in [0.25, 0.3) is 0 Å². The number of benzene rings is 5. The Balaban J connectivity index is 1.42. The van der Waals surface area contributed by atoms with Crippen molar-refractivity contribution in [2.45, 2.75) is 25.7 Å². The molecule has 2 amide bonds. The topological polar surface area (TPSA) is 229 Å².